The van der Waals surface area contributed by atoms with E-state index in [1.807, 2.05) is 0 Å². The average Bonchev–Trinajstić information content (AvgIpc) is 2.77. The molecule has 0 saturated heterocycles. The van der Waals surface area contributed by atoms with Gasteiger partial charge in [-0.1, -0.05) is 53.4 Å². The molecule has 18 heavy (non-hydrogen) atoms. The lowest BCUT2D eigenvalue weighted by Gasteiger charge is -2.39. The van der Waals surface area contributed by atoms with Crippen molar-refractivity contribution in [3.63, 3.8) is 0 Å². The van der Waals surface area contributed by atoms with Gasteiger partial charge in [0, 0.05) is 0 Å². The van der Waals surface area contributed by atoms with Crippen LogP contribution in [0, 0.1) is 35.5 Å². The van der Waals surface area contributed by atoms with Gasteiger partial charge in [0.1, 0.15) is 0 Å². The zero-order valence-corrected chi connectivity index (χ0v) is 13.1. The molecular formula is C18H34. The van der Waals surface area contributed by atoms with Crippen LogP contribution in [0.4, 0.5) is 0 Å². The summed E-state index contributed by atoms with van der Waals surface area (Å²) in [4.78, 5) is 0. The average molecular weight is 250 g/mol. The Hall–Kier alpha value is 0. The molecule has 2 saturated carbocycles. The third-order valence-electron chi connectivity index (χ3n) is 6.58. The molecule has 106 valence electrons. The van der Waals surface area contributed by atoms with Gasteiger partial charge in [-0.25, -0.2) is 0 Å². The molecule has 5 unspecified atom stereocenters. The normalized spacial score (nSPS) is 40.2. The Labute approximate surface area is 115 Å². The minimum Gasteiger partial charge on any atom is -0.0651 e. The molecule has 0 heteroatoms. The highest BCUT2D eigenvalue weighted by Crippen LogP contribution is 2.54. The van der Waals surface area contributed by atoms with Gasteiger partial charge < -0.3 is 0 Å². The topological polar surface area (TPSA) is 0 Å². The van der Waals surface area contributed by atoms with Crippen molar-refractivity contribution in [2.45, 2.75) is 79.1 Å². The van der Waals surface area contributed by atoms with Crippen molar-refractivity contribution in [2.24, 2.45) is 35.5 Å². The van der Waals surface area contributed by atoms with Gasteiger partial charge in [0.25, 0.3) is 0 Å². The van der Waals surface area contributed by atoms with Crippen LogP contribution in [0.5, 0.6) is 0 Å². The van der Waals surface area contributed by atoms with Crippen LogP contribution in [-0.4, -0.2) is 0 Å². The maximum atomic E-state index is 2.43. The first-order valence-corrected chi connectivity index (χ1v) is 8.74. The van der Waals surface area contributed by atoms with Crippen LogP contribution in [0.3, 0.4) is 0 Å². The summed E-state index contributed by atoms with van der Waals surface area (Å²) in [6.07, 6.45) is 11.9. The van der Waals surface area contributed by atoms with E-state index in [1.165, 1.54) is 25.7 Å². The second kappa shape index (κ2) is 6.44. The van der Waals surface area contributed by atoms with Gasteiger partial charge >= 0.3 is 0 Å². The zero-order chi connectivity index (χ0) is 13.1. The van der Waals surface area contributed by atoms with E-state index in [-0.39, 0.29) is 0 Å². The monoisotopic (exact) mass is 250 g/mol. The minimum absolute atomic E-state index is 1.02. The summed E-state index contributed by atoms with van der Waals surface area (Å²) in [6, 6.07) is 0. The quantitative estimate of drug-likeness (QED) is 0.569. The van der Waals surface area contributed by atoms with Crippen molar-refractivity contribution in [3.8, 4) is 0 Å². The first-order valence-electron chi connectivity index (χ1n) is 8.74. The second-order valence-electron chi connectivity index (χ2n) is 7.05. The molecule has 0 bridgehead atoms. The Morgan fingerprint density at radius 2 is 1.39 bits per heavy atom. The van der Waals surface area contributed by atoms with Crippen molar-refractivity contribution in [3.05, 3.63) is 0 Å². The lowest BCUT2D eigenvalue weighted by Crippen LogP contribution is -2.30. The van der Waals surface area contributed by atoms with Gasteiger partial charge in [0.05, 0.1) is 0 Å². The maximum absolute atomic E-state index is 2.43. The van der Waals surface area contributed by atoms with Gasteiger partial charge in [0.2, 0.25) is 0 Å². The van der Waals surface area contributed by atoms with E-state index in [0.717, 1.165) is 35.5 Å². The molecule has 0 aliphatic heterocycles. The molecule has 0 amide bonds. The fourth-order valence-electron chi connectivity index (χ4n) is 5.45. The van der Waals surface area contributed by atoms with Gasteiger partial charge in [0.15, 0.2) is 0 Å². The standard InChI is InChI=1S/C18H34/c1-5-13(6-2)16-9-10-17-14(7-3)11-15(8-4)18(17)12-16/h13-18H,5-12H2,1-4H3. The molecule has 0 N–H and O–H groups in total. The summed E-state index contributed by atoms with van der Waals surface area (Å²) in [6.45, 7) is 9.66. The Kier molecular flexibility index (Phi) is 5.15. The Morgan fingerprint density at radius 3 is 1.94 bits per heavy atom. The number of hydrogen-bond acceptors (Lipinski definition) is 0. The van der Waals surface area contributed by atoms with Crippen molar-refractivity contribution >= 4 is 0 Å². The highest BCUT2D eigenvalue weighted by molar-refractivity contribution is 4.94. The third kappa shape index (κ3) is 2.63. The molecule has 0 aromatic carbocycles. The fourth-order valence-corrected chi connectivity index (χ4v) is 5.45. The molecule has 5 atom stereocenters. The van der Waals surface area contributed by atoms with Crippen LogP contribution >= 0.6 is 0 Å². The van der Waals surface area contributed by atoms with Gasteiger partial charge in [-0.3, -0.25) is 0 Å². The minimum atomic E-state index is 1.02. The SMILES string of the molecule is CCC(CC)C1CCC2C(CC)CC(CC)C2C1. The van der Waals surface area contributed by atoms with Gasteiger partial charge in [-0.2, -0.15) is 0 Å². The molecule has 0 radical (unpaired) electrons. The predicted octanol–water partition coefficient (Wildman–Crippen LogP) is 5.91. The number of fused-ring (bicyclic) bond motifs is 1. The first kappa shape index (κ1) is 14.4. The van der Waals surface area contributed by atoms with E-state index in [2.05, 4.69) is 27.7 Å². The van der Waals surface area contributed by atoms with E-state index >= 15 is 0 Å². The number of rotatable bonds is 5. The summed E-state index contributed by atoms with van der Waals surface area (Å²) in [5.74, 6) is 6.42. The van der Waals surface area contributed by atoms with Crippen molar-refractivity contribution in [1.82, 2.24) is 0 Å². The number of hydrogen-bond donors (Lipinski definition) is 0. The maximum Gasteiger partial charge on any atom is -0.0352 e. The Balaban J connectivity index is 2.02. The summed E-state index contributed by atoms with van der Waals surface area (Å²) in [5, 5.41) is 0. The van der Waals surface area contributed by atoms with Crippen LogP contribution < -0.4 is 0 Å². The fraction of sp³-hybridized carbons (Fsp3) is 1.00. The summed E-state index contributed by atoms with van der Waals surface area (Å²) in [7, 11) is 0. The Bertz CT molecular complexity index is 240. The van der Waals surface area contributed by atoms with E-state index in [1.54, 1.807) is 25.7 Å². The Morgan fingerprint density at radius 1 is 0.778 bits per heavy atom. The largest absolute Gasteiger partial charge is 0.0651 e. The van der Waals surface area contributed by atoms with Crippen LogP contribution in [0.15, 0.2) is 0 Å². The third-order valence-corrected chi connectivity index (χ3v) is 6.58. The molecule has 2 rings (SSSR count). The van der Waals surface area contributed by atoms with E-state index < -0.39 is 0 Å². The van der Waals surface area contributed by atoms with Gasteiger partial charge in [-0.05, 0) is 61.2 Å². The molecule has 0 heterocycles. The van der Waals surface area contributed by atoms with Crippen molar-refractivity contribution in [2.75, 3.05) is 0 Å². The summed E-state index contributed by atoms with van der Waals surface area (Å²) < 4.78 is 0. The molecule has 0 nitrogen and oxygen atoms in total. The smallest absolute Gasteiger partial charge is 0.0352 e. The van der Waals surface area contributed by atoms with Crippen LogP contribution in [0.1, 0.15) is 79.1 Å². The summed E-state index contributed by atoms with van der Waals surface area (Å²) in [5.41, 5.74) is 0. The molecule has 2 aliphatic rings. The predicted molar refractivity (Wildman–Crippen MR) is 80.6 cm³/mol. The highest BCUT2D eigenvalue weighted by atomic mass is 14.5. The lowest BCUT2D eigenvalue weighted by molar-refractivity contribution is 0.110. The lowest BCUT2D eigenvalue weighted by atomic mass is 9.66. The van der Waals surface area contributed by atoms with Crippen LogP contribution in [-0.2, 0) is 0 Å². The van der Waals surface area contributed by atoms with Crippen molar-refractivity contribution < 1.29 is 0 Å². The molecule has 2 fully saturated rings. The van der Waals surface area contributed by atoms with Crippen LogP contribution in [0.2, 0.25) is 0 Å². The molecule has 0 spiro atoms. The molecule has 2 aliphatic carbocycles. The zero-order valence-electron chi connectivity index (χ0n) is 13.1. The van der Waals surface area contributed by atoms with E-state index in [4.69, 9.17) is 0 Å². The molecule has 0 aromatic heterocycles. The highest BCUT2D eigenvalue weighted by Gasteiger charge is 2.45. The summed E-state index contributed by atoms with van der Waals surface area (Å²) >= 11 is 0. The second-order valence-corrected chi connectivity index (χ2v) is 7.05. The molecule has 0 aromatic rings. The van der Waals surface area contributed by atoms with E-state index in [0.29, 0.717) is 0 Å². The molecular weight excluding hydrogens is 216 g/mol. The van der Waals surface area contributed by atoms with E-state index in [9.17, 15) is 0 Å². The van der Waals surface area contributed by atoms with Crippen molar-refractivity contribution in [1.29, 1.82) is 0 Å². The van der Waals surface area contributed by atoms with Crippen LogP contribution in [0.25, 0.3) is 0 Å². The first-order chi connectivity index (χ1) is 8.74. The van der Waals surface area contributed by atoms with Gasteiger partial charge in [-0.15, -0.1) is 0 Å².